The van der Waals surface area contributed by atoms with Gasteiger partial charge in [-0.1, -0.05) is 36.4 Å². The molecule has 1 atom stereocenters. The minimum atomic E-state index is -1.09. The number of hydrogen-bond acceptors (Lipinski definition) is 3. The highest BCUT2D eigenvalue weighted by molar-refractivity contribution is 6.13. The Morgan fingerprint density at radius 1 is 1.40 bits per heavy atom. The van der Waals surface area contributed by atoms with Crippen LogP contribution >= 0.6 is 0 Å². The van der Waals surface area contributed by atoms with Crippen LogP contribution in [-0.2, 0) is 14.3 Å². The molecule has 0 saturated carbocycles. The van der Waals surface area contributed by atoms with Crippen LogP contribution in [0.3, 0.4) is 0 Å². The van der Waals surface area contributed by atoms with Gasteiger partial charge in [-0.05, 0) is 36.5 Å². The van der Waals surface area contributed by atoms with Gasteiger partial charge >= 0.3 is 5.97 Å². The molecule has 0 aromatic heterocycles. The van der Waals surface area contributed by atoms with Gasteiger partial charge in [-0.25, -0.2) is 0 Å². The fraction of sp³-hybridized carbons (Fsp3) is 0.294. The standard InChI is InChI=1S/C17H18O3/c1-3-10-17(16(19)20-2)11-9-14(12-15(17)18)13-7-5-4-6-8-13/h3-8,12H,1,9-11H2,2H3/t17-/m1/s1. The molecular formula is C17H18O3. The van der Waals surface area contributed by atoms with Gasteiger partial charge < -0.3 is 4.74 Å². The van der Waals surface area contributed by atoms with Gasteiger partial charge in [0.05, 0.1) is 7.11 Å². The fourth-order valence-electron chi connectivity index (χ4n) is 2.65. The molecule has 0 unspecified atom stereocenters. The average molecular weight is 270 g/mol. The van der Waals surface area contributed by atoms with Crippen molar-refractivity contribution in [3.63, 3.8) is 0 Å². The van der Waals surface area contributed by atoms with Crippen molar-refractivity contribution in [1.29, 1.82) is 0 Å². The summed E-state index contributed by atoms with van der Waals surface area (Å²) in [6.07, 6.45) is 4.65. The molecular weight excluding hydrogens is 252 g/mol. The zero-order chi connectivity index (χ0) is 14.6. The predicted octanol–water partition coefficient (Wildman–Crippen LogP) is 3.17. The molecule has 0 aliphatic heterocycles. The van der Waals surface area contributed by atoms with Crippen LogP contribution in [0.25, 0.3) is 5.57 Å². The second-order valence-electron chi connectivity index (χ2n) is 4.97. The molecule has 0 radical (unpaired) electrons. The highest BCUT2D eigenvalue weighted by Gasteiger charge is 2.46. The zero-order valence-corrected chi connectivity index (χ0v) is 11.6. The Bertz CT molecular complexity index is 557. The lowest BCUT2D eigenvalue weighted by Crippen LogP contribution is -2.41. The molecule has 104 valence electrons. The lowest BCUT2D eigenvalue weighted by atomic mass is 9.71. The quantitative estimate of drug-likeness (QED) is 0.479. The van der Waals surface area contributed by atoms with Gasteiger partial charge in [0.1, 0.15) is 5.41 Å². The predicted molar refractivity (Wildman–Crippen MR) is 77.9 cm³/mol. The Kier molecular flexibility index (Phi) is 4.18. The molecule has 0 N–H and O–H groups in total. The van der Waals surface area contributed by atoms with E-state index in [4.69, 9.17) is 4.74 Å². The molecule has 0 amide bonds. The molecule has 0 fully saturated rings. The van der Waals surface area contributed by atoms with E-state index in [9.17, 15) is 9.59 Å². The second kappa shape index (κ2) is 5.87. The molecule has 0 bridgehead atoms. The third-order valence-corrected chi connectivity index (χ3v) is 3.81. The summed E-state index contributed by atoms with van der Waals surface area (Å²) < 4.78 is 4.82. The van der Waals surface area contributed by atoms with Gasteiger partial charge in [0, 0.05) is 0 Å². The van der Waals surface area contributed by atoms with Gasteiger partial charge in [0.2, 0.25) is 0 Å². The summed E-state index contributed by atoms with van der Waals surface area (Å²) in [5, 5.41) is 0. The van der Waals surface area contributed by atoms with Gasteiger partial charge in [0.25, 0.3) is 0 Å². The van der Waals surface area contributed by atoms with Crippen LogP contribution < -0.4 is 0 Å². The van der Waals surface area contributed by atoms with Crippen molar-refractivity contribution in [2.45, 2.75) is 19.3 Å². The summed E-state index contributed by atoms with van der Waals surface area (Å²) in [7, 11) is 1.32. The molecule has 0 heterocycles. The maximum atomic E-state index is 12.5. The van der Waals surface area contributed by atoms with E-state index < -0.39 is 11.4 Å². The van der Waals surface area contributed by atoms with Gasteiger partial charge in [-0.3, -0.25) is 9.59 Å². The molecule has 3 nitrogen and oxygen atoms in total. The normalized spacial score (nSPS) is 22.1. The van der Waals surface area contributed by atoms with Crippen LogP contribution in [0, 0.1) is 5.41 Å². The first-order valence-electron chi connectivity index (χ1n) is 6.64. The van der Waals surface area contributed by atoms with Crippen LogP contribution in [-0.4, -0.2) is 18.9 Å². The molecule has 0 spiro atoms. The summed E-state index contributed by atoms with van der Waals surface area (Å²) in [5.74, 6) is -0.653. The van der Waals surface area contributed by atoms with Crippen LogP contribution in [0.15, 0.2) is 49.1 Å². The highest BCUT2D eigenvalue weighted by atomic mass is 16.5. The van der Waals surface area contributed by atoms with Crippen molar-refractivity contribution >= 4 is 17.3 Å². The van der Waals surface area contributed by atoms with Crippen LogP contribution in [0.1, 0.15) is 24.8 Å². The number of hydrogen-bond donors (Lipinski definition) is 0. The number of rotatable bonds is 4. The van der Waals surface area contributed by atoms with E-state index >= 15 is 0 Å². The van der Waals surface area contributed by atoms with E-state index in [0.717, 1.165) is 11.1 Å². The SMILES string of the molecule is C=CC[C@@]1(C(=O)OC)CCC(c2ccccc2)=CC1=O. The summed E-state index contributed by atoms with van der Waals surface area (Å²) in [6.45, 7) is 3.65. The monoisotopic (exact) mass is 270 g/mol. The maximum Gasteiger partial charge on any atom is 0.320 e. The molecule has 3 heteroatoms. The molecule has 2 rings (SSSR count). The van der Waals surface area contributed by atoms with Crippen molar-refractivity contribution in [3.05, 3.63) is 54.6 Å². The fourth-order valence-corrected chi connectivity index (χ4v) is 2.65. The van der Waals surface area contributed by atoms with Gasteiger partial charge in [-0.2, -0.15) is 0 Å². The summed E-state index contributed by atoms with van der Waals surface area (Å²) in [5.41, 5.74) is 0.909. The minimum absolute atomic E-state index is 0.186. The topological polar surface area (TPSA) is 43.4 Å². The first kappa shape index (κ1) is 14.3. The largest absolute Gasteiger partial charge is 0.468 e. The Hall–Kier alpha value is -2.16. The average Bonchev–Trinajstić information content (AvgIpc) is 2.49. The number of allylic oxidation sites excluding steroid dienone is 3. The van der Waals surface area contributed by atoms with Crippen LogP contribution in [0.5, 0.6) is 0 Å². The summed E-state index contributed by atoms with van der Waals surface area (Å²) >= 11 is 0. The van der Waals surface area contributed by atoms with Gasteiger partial charge in [-0.15, -0.1) is 6.58 Å². The minimum Gasteiger partial charge on any atom is -0.468 e. The van der Waals surface area contributed by atoms with E-state index in [-0.39, 0.29) is 5.78 Å². The number of ketones is 1. The smallest absolute Gasteiger partial charge is 0.320 e. The number of ether oxygens (including phenoxy) is 1. The van der Waals surface area contributed by atoms with E-state index in [1.165, 1.54) is 7.11 Å². The lowest BCUT2D eigenvalue weighted by Gasteiger charge is -2.31. The Morgan fingerprint density at radius 3 is 2.65 bits per heavy atom. The van der Waals surface area contributed by atoms with E-state index in [1.54, 1.807) is 12.2 Å². The molecule has 1 aromatic rings. The number of carbonyl (C=O) groups excluding carboxylic acids is 2. The molecule has 1 aliphatic rings. The van der Waals surface area contributed by atoms with E-state index in [1.807, 2.05) is 30.3 Å². The highest BCUT2D eigenvalue weighted by Crippen LogP contribution is 2.40. The zero-order valence-electron chi connectivity index (χ0n) is 11.6. The Morgan fingerprint density at radius 2 is 2.10 bits per heavy atom. The third kappa shape index (κ3) is 2.44. The van der Waals surface area contributed by atoms with Crippen molar-refractivity contribution in [2.75, 3.05) is 7.11 Å². The van der Waals surface area contributed by atoms with E-state index in [2.05, 4.69) is 6.58 Å². The number of methoxy groups -OCH3 is 1. The van der Waals surface area contributed by atoms with Crippen molar-refractivity contribution in [2.24, 2.45) is 5.41 Å². The lowest BCUT2D eigenvalue weighted by molar-refractivity contribution is -0.157. The first-order valence-corrected chi connectivity index (χ1v) is 6.64. The van der Waals surface area contributed by atoms with Crippen LogP contribution in [0.4, 0.5) is 0 Å². The first-order chi connectivity index (χ1) is 9.64. The third-order valence-electron chi connectivity index (χ3n) is 3.81. The number of esters is 1. The molecule has 0 saturated heterocycles. The van der Waals surface area contributed by atoms with Crippen molar-refractivity contribution in [1.82, 2.24) is 0 Å². The molecule has 1 aromatic carbocycles. The van der Waals surface area contributed by atoms with Crippen LogP contribution in [0.2, 0.25) is 0 Å². The molecule has 1 aliphatic carbocycles. The van der Waals surface area contributed by atoms with E-state index in [0.29, 0.717) is 19.3 Å². The van der Waals surface area contributed by atoms with Crippen molar-refractivity contribution in [3.8, 4) is 0 Å². The molecule has 20 heavy (non-hydrogen) atoms. The summed E-state index contributed by atoms with van der Waals surface area (Å²) in [6, 6.07) is 9.75. The second-order valence-corrected chi connectivity index (χ2v) is 4.97. The summed E-state index contributed by atoms with van der Waals surface area (Å²) in [4.78, 5) is 24.5. The number of carbonyl (C=O) groups is 2. The Labute approximate surface area is 118 Å². The number of benzene rings is 1. The maximum absolute atomic E-state index is 12.5. The van der Waals surface area contributed by atoms with Gasteiger partial charge in [0.15, 0.2) is 5.78 Å². The van der Waals surface area contributed by atoms with Crippen molar-refractivity contribution < 1.29 is 14.3 Å². The Balaban J connectivity index is 2.35.